The van der Waals surface area contributed by atoms with Crippen molar-refractivity contribution in [1.82, 2.24) is 5.32 Å². The van der Waals surface area contributed by atoms with Gasteiger partial charge in [0, 0.05) is 18.0 Å². The van der Waals surface area contributed by atoms with Gasteiger partial charge in [-0.25, -0.2) is 0 Å². The molecule has 0 saturated carbocycles. The predicted molar refractivity (Wildman–Crippen MR) is 80.9 cm³/mol. The molecular formula is C17H27NO. The summed E-state index contributed by atoms with van der Waals surface area (Å²) in [7, 11) is 0. The van der Waals surface area contributed by atoms with Crippen molar-refractivity contribution in [2.45, 2.75) is 65.0 Å². The van der Waals surface area contributed by atoms with E-state index < -0.39 is 0 Å². The average molecular weight is 261 g/mol. The fraction of sp³-hybridized carbons (Fsp3) is 0.647. The van der Waals surface area contributed by atoms with Crippen LogP contribution in [0.4, 0.5) is 0 Å². The SMILES string of the molecule is CCCNC1CC(C)(C)Oc2ccc(C(C)C)cc21. The lowest BCUT2D eigenvalue weighted by atomic mass is 9.87. The van der Waals surface area contributed by atoms with Crippen molar-refractivity contribution < 1.29 is 4.74 Å². The zero-order valence-corrected chi connectivity index (χ0v) is 12.9. The van der Waals surface area contributed by atoms with Crippen molar-refractivity contribution in [3.63, 3.8) is 0 Å². The molecule has 106 valence electrons. The van der Waals surface area contributed by atoms with E-state index in [-0.39, 0.29) is 5.60 Å². The van der Waals surface area contributed by atoms with Crippen molar-refractivity contribution in [2.75, 3.05) is 6.54 Å². The van der Waals surface area contributed by atoms with Gasteiger partial charge >= 0.3 is 0 Å². The van der Waals surface area contributed by atoms with Crippen LogP contribution in [0.1, 0.15) is 70.5 Å². The minimum Gasteiger partial charge on any atom is -0.487 e. The monoisotopic (exact) mass is 261 g/mol. The Balaban J connectivity index is 2.34. The summed E-state index contributed by atoms with van der Waals surface area (Å²) in [5, 5.41) is 3.67. The minimum absolute atomic E-state index is 0.0856. The van der Waals surface area contributed by atoms with Crippen LogP contribution in [0.3, 0.4) is 0 Å². The first-order valence-electron chi connectivity index (χ1n) is 7.49. The van der Waals surface area contributed by atoms with Gasteiger partial charge in [0.15, 0.2) is 0 Å². The van der Waals surface area contributed by atoms with Gasteiger partial charge in [0.25, 0.3) is 0 Å². The first kappa shape index (κ1) is 14.4. The lowest BCUT2D eigenvalue weighted by molar-refractivity contribution is 0.0661. The quantitative estimate of drug-likeness (QED) is 0.866. The summed E-state index contributed by atoms with van der Waals surface area (Å²) in [6, 6.07) is 7.08. The van der Waals surface area contributed by atoms with E-state index in [4.69, 9.17) is 4.74 Å². The third-order valence-corrected chi connectivity index (χ3v) is 3.80. The topological polar surface area (TPSA) is 21.3 Å². The van der Waals surface area contributed by atoms with Gasteiger partial charge in [0.2, 0.25) is 0 Å². The first-order valence-corrected chi connectivity index (χ1v) is 7.49. The molecule has 1 unspecified atom stereocenters. The number of benzene rings is 1. The van der Waals surface area contributed by atoms with E-state index in [1.807, 2.05) is 0 Å². The third-order valence-electron chi connectivity index (χ3n) is 3.80. The Morgan fingerprint density at radius 3 is 2.74 bits per heavy atom. The van der Waals surface area contributed by atoms with Crippen LogP contribution in [0.2, 0.25) is 0 Å². The summed E-state index contributed by atoms with van der Waals surface area (Å²) in [6.07, 6.45) is 2.19. The summed E-state index contributed by atoms with van der Waals surface area (Å²) >= 11 is 0. The van der Waals surface area contributed by atoms with Crippen molar-refractivity contribution in [3.8, 4) is 5.75 Å². The van der Waals surface area contributed by atoms with E-state index in [9.17, 15) is 0 Å². The zero-order chi connectivity index (χ0) is 14.0. The normalized spacial score (nSPS) is 21.1. The number of nitrogens with one attached hydrogen (secondary N) is 1. The number of ether oxygens (including phenoxy) is 1. The molecule has 2 heteroatoms. The number of hydrogen-bond acceptors (Lipinski definition) is 2. The van der Waals surface area contributed by atoms with Gasteiger partial charge in [0.05, 0.1) is 0 Å². The molecule has 2 rings (SSSR count). The first-order chi connectivity index (χ1) is 8.93. The largest absolute Gasteiger partial charge is 0.487 e. The van der Waals surface area contributed by atoms with Crippen LogP contribution in [-0.2, 0) is 0 Å². The molecule has 0 aromatic heterocycles. The smallest absolute Gasteiger partial charge is 0.124 e. The molecule has 0 fully saturated rings. The van der Waals surface area contributed by atoms with Crippen LogP contribution in [-0.4, -0.2) is 12.1 Å². The molecule has 1 aromatic rings. The molecule has 1 atom stereocenters. The molecule has 0 radical (unpaired) electrons. The van der Waals surface area contributed by atoms with Crippen molar-refractivity contribution in [1.29, 1.82) is 0 Å². The van der Waals surface area contributed by atoms with Gasteiger partial charge in [0.1, 0.15) is 11.4 Å². The van der Waals surface area contributed by atoms with Crippen LogP contribution in [0.15, 0.2) is 18.2 Å². The van der Waals surface area contributed by atoms with E-state index in [2.05, 4.69) is 58.1 Å². The maximum absolute atomic E-state index is 6.12. The Morgan fingerprint density at radius 2 is 2.11 bits per heavy atom. The fourth-order valence-electron chi connectivity index (χ4n) is 2.73. The molecular weight excluding hydrogens is 234 g/mol. The summed E-state index contributed by atoms with van der Waals surface area (Å²) < 4.78 is 6.12. The Labute approximate surface area is 117 Å². The standard InChI is InChI=1S/C17H27NO/c1-6-9-18-15-11-17(4,5)19-16-8-7-13(12(2)3)10-14(15)16/h7-8,10,12,15,18H,6,9,11H2,1-5H3. The third kappa shape index (κ3) is 3.30. The second-order valence-electron chi connectivity index (χ2n) is 6.52. The van der Waals surface area contributed by atoms with Gasteiger partial charge in [-0.15, -0.1) is 0 Å². The Kier molecular flexibility index (Phi) is 4.19. The highest BCUT2D eigenvalue weighted by Crippen LogP contribution is 2.40. The molecule has 1 aromatic carbocycles. The molecule has 0 aliphatic carbocycles. The second-order valence-corrected chi connectivity index (χ2v) is 6.52. The molecule has 0 bridgehead atoms. The van der Waals surface area contributed by atoms with Crippen molar-refractivity contribution in [3.05, 3.63) is 29.3 Å². The highest BCUT2D eigenvalue weighted by atomic mass is 16.5. The molecule has 1 N–H and O–H groups in total. The second kappa shape index (κ2) is 5.54. The zero-order valence-electron chi connectivity index (χ0n) is 12.9. The summed E-state index contributed by atoms with van der Waals surface area (Å²) in [5.41, 5.74) is 2.64. The summed E-state index contributed by atoms with van der Waals surface area (Å²) in [5.74, 6) is 1.61. The Hall–Kier alpha value is -1.02. The van der Waals surface area contributed by atoms with E-state index in [1.165, 1.54) is 11.1 Å². The molecule has 1 heterocycles. The molecule has 1 aliphatic rings. The molecule has 0 saturated heterocycles. The minimum atomic E-state index is -0.0856. The van der Waals surface area contributed by atoms with Gasteiger partial charge in [-0.2, -0.15) is 0 Å². The van der Waals surface area contributed by atoms with Crippen LogP contribution in [0.5, 0.6) is 5.75 Å². The maximum atomic E-state index is 6.12. The molecule has 0 spiro atoms. The van der Waals surface area contributed by atoms with E-state index in [1.54, 1.807) is 0 Å². The lowest BCUT2D eigenvalue weighted by Crippen LogP contribution is -2.39. The average Bonchev–Trinajstić information content (AvgIpc) is 2.34. The van der Waals surface area contributed by atoms with E-state index in [0.717, 1.165) is 25.1 Å². The van der Waals surface area contributed by atoms with Gasteiger partial charge in [-0.3, -0.25) is 0 Å². The van der Waals surface area contributed by atoms with Gasteiger partial charge in [-0.05, 0) is 44.4 Å². The van der Waals surface area contributed by atoms with Crippen molar-refractivity contribution >= 4 is 0 Å². The Morgan fingerprint density at radius 1 is 1.37 bits per heavy atom. The predicted octanol–water partition coefficient (Wildman–Crippen LogP) is 4.41. The highest BCUT2D eigenvalue weighted by molar-refractivity contribution is 5.42. The van der Waals surface area contributed by atoms with Gasteiger partial charge in [-0.1, -0.05) is 32.9 Å². The van der Waals surface area contributed by atoms with Crippen molar-refractivity contribution in [2.24, 2.45) is 0 Å². The van der Waals surface area contributed by atoms with Crippen LogP contribution in [0.25, 0.3) is 0 Å². The number of fused-ring (bicyclic) bond motifs is 1. The van der Waals surface area contributed by atoms with E-state index in [0.29, 0.717) is 12.0 Å². The Bertz CT molecular complexity index is 437. The van der Waals surface area contributed by atoms with Crippen LogP contribution >= 0.6 is 0 Å². The molecule has 0 amide bonds. The summed E-state index contributed by atoms with van der Waals surface area (Å²) in [6.45, 7) is 12.1. The van der Waals surface area contributed by atoms with Crippen LogP contribution in [0, 0.1) is 0 Å². The molecule has 1 aliphatic heterocycles. The molecule has 2 nitrogen and oxygen atoms in total. The van der Waals surface area contributed by atoms with Crippen LogP contribution < -0.4 is 10.1 Å². The lowest BCUT2D eigenvalue weighted by Gasteiger charge is -2.38. The van der Waals surface area contributed by atoms with E-state index >= 15 is 0 Å². The fourth-order valence-corrected chi connectivity index (χ4v) is 2.73. The molecule has 19 heavy (non-hydrogen) atoms. The van der Waals surface area contributed by atoms with Gasteiger partial charge < -0.3 is 10.1 Å². The number of rotatable bonds is 4. The summed E-state index contributed by atoms with van der Waals surface area (Å²) in [4.78, 5) is 0. The number of hydrogen-bond donors (Lipinski definition) is 1. The maximum Gasteiger partial charge on any atom is 0.124 e. The highest BCUT2D eigenvalue weighted by Gasteiger charge is 2.33.